The molecule has 0 radical (unpaired) electrons. The number of nitrogens with one attached hydrogen (secondary N) is 1. The maximum absolute atomic E-state index is 5.91. The Morgan fingerprint density at radius 2 is 1.39 bits per heavy atom. The Labute approximate surface area is 114 Å². The summed E-state index contributed by atoms with van der Waals surface area (Å²) in [6, 6.07) is 1.24. The molecule has 1 aliphatic carbocycles. The molecule has 1 aliphatic rings. The van der Waals surface area contributed by atoms with Crippen molar-refractivity contribution in [1.82, 2.24) is 5.32 Å². The van der Waals surface area contributed by atoms with Crippen molar-refractivity contribution in [3.63, 3.8) is 0 Å². The first-order valence-electron chi connectivity index (χ1n) is 8.32. The van der Waals surface area contributed by atoms with Crippen molar-refractivity contribution in [2.75, 3.05) is 6.54 Å². The highest BCUT2D eigenvalue weighted by Gasteiger charge is 2.17. The molecule has 0 saturated heterocycles. The minimum atomic E-state index is 0.478. The number of nitrogens with two attached hydrogens (primary N) is 1. The molecule has 2 heteroatoms. The first-order valence-corrected chi connectivity index (χ1v) is 8.32. The minimum absolute atomic E-state index is 0.478. The number of hydrogen-bond acceptors (Lipinski definition) is 2. The molecule has 0 amide bonds. The fourth-order valence-electron chi connectivity index (χ4n) is 2.89. The predicted octanol–water partition coefficient (Wildman–Crippen LogP) is 3.99. The molecule has 0 bridgehead atoms. The molecular formula is C16H34N2. The predicted molar refractivity (Wildman–Crippen MR) is 80.8 cm³/mol. The van der Waals surface area contributed by atoms with E-state index in [4.69, 9.17) is 5.73 Å². The van der Waals surface area contributed by atoms with Crippen LogP contribution in [0.2, 0.25) is 0 Å². The number of unbranched alkanes of at least 4 members (excludes halogenated alkanes) is 7. The summed E-state index contributed by atoms with van der Waals surface area (Å²) in [5, 5.41) is 3.70. The zero-order chi connectivity index (χ0) is 13.1. The summed E-state index contributed by atoms with van der Waals surface area (Å²) in [6.45, 7) is 3.50. The van der Waals surface area contributed by atoms with Crippen LogP contribution in [0.5, 0.6) is 0 Å². The van der Waals surface area contributed by atoms with Gasteiger partial charge in [-0.3, -0.25) is 0 Å². The van der Waals surface area contributed by atoms with Gasteiger partial charge in [-0.25, -0.2) is 0 Å². The number of rotatable bonds is 10. The second kappa shape index (κ2) is 10.8. The molecule has 1 saturated carbocycles. The lowest BCUT2D eigenvalue weighted by atomic mass is 9.92. The van der Waals surface area contributed by atoms with Crippen LogP contribution in [0.1, 0.15) is 84.0 Å². The molecule has 0 unspecified atom stereocenters. The quantitative estimate of drug-likeness (QED) is 0.579. The van der Waals surface area contributed by atoms with Gasteiger partial charge in [0.25, 0.3) is 0 Å². The maximum atomic E-state index is 5.91. The molecule has 0 aliphatic heterocycles. The van der Waals surface area contributed by atoms with Crippen LogP contribution in [-0.2, 0) is 0 Å². The van der Waals surface area contributed by atoms with E-state index in [-0.39, 0.29) is 0 Å². The van der Waals surface area contributed by atoms with Crippen LogP contribution < -0.4 is 11.1 Å². The smallest absolute Gasteiger partial charge is 0.00682 e. The van der Waals surface area contributed by atoms with Gasteiger partial charge < -0.3 is 11.1 Å². The summed E-state index contributed by atoms with van der Waals surface area (Å²) in [6.07, 6.45) is 16.3. The Morgan fingerprint density at radius 3 is 2.00 bits per heavy atom. The van der Waals surface area contributed by atoms with Gasteiger partial charge in [0.2, 0.25) is 0 Å². The van der Waals surface area contributed by atoms with Gasteiger partial charge in [-0.15, -0.1) is 0 Å². The molecular weight excluding hydrogens is 220 g/mol. The highest BCUT2D eigenvalue weighted by Crippen LogP contribution is 2.17. The van der Waals surface area contributed by atoms with Crippen molar-refractivity contribution in [1.29, 1.82) is 0 Å². The van der Waals surface area contributed by atoms with Crippen molar-refractivity contribution in [2.24, 2.45) is 5.73 Å². The second-order valence-electron chi connectivity index (χ2n) is 6.04. The van der Waals surface area contributed by atoms with Crippen LogP contribution in [0, 0.1) is 0 Å². The van der Waals surface area contributed by atoms with Crippen molar-refractivity contribution in [2.45, 2.75) is 96.1 Å². The molecule has 18 heavy (non-hydrogen) atoms. The fourth-order valence-corrected chi connectivity index (χ4v) is 2.89. The van der Waals surface area contributed by atoms with Crippen molar-refractivity contribution < 1.29 is 0 Å². The molecule has 2 nitrogen and oxygen atoms in total. The van der Waals surface area contributed by atoms with Gasteiger partial charge in [0.1, 0.15) is 0 Å². The zero-order valence-electron chi connectivity index (χ0n) is 12.4. The van der Waals surface area contributed by atoms with Gasteiger partial charge in [0.05, 0.1) is 0 Å². The average molecular weight is 254 g/mol. The van der Waals surface area contributed by atoms with Crippen molar-refractivity contribution in [3.8, 4) is 0 Å². The van der Waals surface area contributed by atoms with Gasteiger partial charge in [-0.2, -0.15) is 0 Å². The molecule has 0 aromatic heterocycles. The summed E-state index contributed by atoms with van der Waals surface area (Å²) in [4.78, 5) is 0. The maximum Gasteiger partial charge on any atom is 0.00682 e. The minimum Gasteiger partial charge on any atom is -0.328 e. The van der Waals surface area contributed by atoms with Crippen LogP contribution in [0.4, 0.5) is 0 Å². The lowest BCUT2D eigenvalue weighted by Crippen LogP contribution is -2.37. The third kappa shape index (κ3) is 8.10. The summed E-state index contributed by atoms with van der Waals surface area (Å²) >= 11 is 0. The standard InChI is InChI=1S/C16H34N2/c1-2-3-4-5-6-7-8-9-14-18-16-12-10-15(17)11-13-16/h15-16,18H,2-14,17H2,1H3. The Morgan fingerprint density at radius 1 is 0.833 bits per heavy atom. The molecule has 0 aromatic rings. The van der Waals surface area contributed by atoms with E-state index in [1.165, 1.54) is 83.6 Å². The molecule has 108 valence electrons. The SMILES string of the molecule is CCCCCCCCCCNC1CCC(N)CC1. The van der Waals surface area contributed by atoms with Crippen LogP contribution in [0.25, 0.3) is 0 Å². The van der Waals surface area contributed by atoms with Gasteiger partial charge in [-0.1, -0.05) is 51.9 Å². The van der Waals surface area contributed by atoms with Crippen LogP contribution in [0.3, 0.4) is 0 Å². The van der Waals surface area contributed by atoms with Crippen LogP contribution in [0.15, 0.2) is 0 Å². The summed E-state index contributed by atoms with van der Waals surface area (Å²) in [7, 11) is 0. The third-order valence-electron chi connectivity index (χ3n) is 4.24. The molecule has 1 rings (SSSR count). The lowest BCUT2D eigenvalue weighted by molar-refractivity contribution is 0.340. The molecule has 0 atom stereocenters. The van der Waals surface area contributed by atoms with E-state index in [0.717, 1.165) is 6.04 Å². The first kappa shape index (κ1) is 16.0. The molecule has 0 spiro atoms. The second-order valence-corrected chi connectivity index (χ2v) is 6.04. The molecule has 0 heterocycles. The van der Waals surface area contributed by atoms with E-state index >= 15 is 0 Å². The first-order chi connectivity index (χ1) is 8.83. The van der Waals surface area contributed by atoms with Gasteiger partial charge in [0, 0.05) is 12.1 Å². The summed E-state index contributed by atoms with van der Waals surface area (Å²) in [5.74, 6) is 0. The van der Waals surface area contributed by atoms with Gasteiger partial charge in [0.15, 0.2) is 0 Å². The van der Waals surface area contributed by atoms with Gasteiger partial charge >= 0.3 is 0 Å². The normalized spacial score (nSPS) is 24.3. The van der Waals surface area contributed by atoms with Crippen LogP contribution in [-0.4, -0.2) is 18.6 Å². The van der Waals surface area contributed by atoms with Crippen molar-refractivity contribution in [3.05, 3.63) is 0 Å². The summed E-state index contributed by atoms with van der Waals surface area (Å²) in [5.41, 5.74) is 5.91. The van der Waals surface area contributed by atoms with E-state index in [1.807, 2.05) is 0 Å². The number of hydrogen-bond donors (Lipinski definition) is 2. The largest absolute Gasteiger partial charge is 0.328 e. The lowest BCUT2D eigenvalue weighted by Gasteiger charge is -2.26. The van der Waals surface area contributed by atoms with Crippen LogP contribution >= 0.6 is 0 Å². The zero-order valence-corrected chi connectivity index (χ0v) is 12.4. The Hall–Kier alpha value is -0.0800. The highest BCUT2D eigenvalue weighted by molar-refractivity contribution is 4.78. The Bertz CT molecular complexity index is 174. The average Bonchev–Trinajstić information content (AvgIpc) is 2.39. The molecule has 3 N–H and O–H groups in total. The van der Waals surface area contributed by atoms with Gasteiger partial charge in [-0.05, 0) is 38.6 Å². The topological polar surface area (TPSA) is 38.0 Å². The van der Waals surface area contributed by atoms with E-state index in [2.05, 4.69) is 12.2 Å². The van der Waals surface area contributed by atoms with E-state index in [0.29, 0.717) is 6.04 Å². The fraction of sp³-hybridized carbons (Fsp3) is 1.00. The molecule has 1 fully saturated rings. The monoisotopic (exact) mass is 254 g/mol. The Kier molecular flexibility index (Phi) is 9.59. The summed E-state index contributed by atoms with van der Waals surface area (Å²) < 4.78 is 0. The van der Waals surface area contributed by atoms with E-state index < -0.39 is 0 Å². The Balaban J connectivity index is 1.78. The third-order valence-corrected chi connectivity index (χ3v) is 4.24. The van der Waals surface area contributed by atoms with E-state index in [9.17, 15) is 0 Å². The molecule has 0 aromatic carbocycles. The van der Waals surface area contributed by atoms with E-state index in [1.54, 1.807) is 0 Å². The van der Waals surface area contributed by atoms with Crippen molar-refractivity contribution >= 4 is 0 Å². The highest BCUT2D eigenvalue weighted by atomic mass is 14.9.